The van der Waals surface area contributed by atoms with E-state index in [0.717, 1.165) is 24.0 Å². The maximum atomic E-state index is 10.1. The van der Waals surface area contributed by atoms with Crippen molar-refractivity contribution in [3.05, 3.63) is 47.5 Å². The molecule has 0 aromatic heterocycles. The maximum absolute atomic E-state index is 10.1. The van der Waals surface area contributed by atoms with Gasteiger partial charge < -0.3 is 20.4 Å². The normalized spacial score (nSPS) is 27.0. The Hall–Kier alpha value is -2.36. The Labute approximate surface area is 161 Å². The van der Waals surface area contributed by atoms with Crippen LogP contribution in [-0.4, -0.2) is 20.4 Å². The summed E-state index contributed by atoms with van der Waals surface area (Å²) in [4.78, 5) is 0. The molecule has 0 aliphatic heterocycles. The minimum atomic E-state index is -0.118. The second-order valence-corrected chi connectivity index (χ2v) is 8.55. The lowest BCUT2D eigenvalue weighted by Crippen LogP contribution is -2.25. The summed E-state index contributed by atoms with van der Waals surface area (Å²) in [7, 11) is 0. The van der Waals surface area contributed by atoms with E-state index in [2.05, 4.69) is 27.7 Å². The van der Waals surface area contributed by atoms with E-state index in [9.17, 15) is 20.4 Å². The largest absolute Gasteiger partial charge is 0.504 e. The molecule has 0 saturated heterocycles. The van der Waals surface area contributed by atoms with Crippen LogP contribution in [0.3, 0.4) is 0 Å². The molecule has 0 spiro atoms. The lowest BCUT2D eigenvalue weighted by atomic mass is 9.72. The average Bonchev–Trinajstić information content (AvgIpc) is 2.81. The fraction of sp³-hybridized carbons (Fsp3) is 0.478. The fourth-order valence-electron chi connectivity index (χ4n) is 5.12. The van der Waals surface area contributed by atoms with E-state index in [1.54, 1.807) is 24.3 Å². The fourth-order valence-corrected chi connectivity index (χ4v) is 5.12. The third-order valence-corrected chi connectivity index (χ3v) is 6.86. The number of benzene rings is 2. The Morgan fingerprint density at radius 1 is 0.778 bits per heavy atom. The van der Waals surface area contributed by atoms with Crippen LogP contribution in [0.2, 0.25) is 0 Å². The lowest BCUT2D eigenvalue weighted by molar-refractivity contribution is 0.178. The first-order valence-corrected chi connectivity index (χ1v) is 9.72. The number of phenols is 4. The first-order valence-electron chi connectivity index (χ1n) is 9.72. The van der Waals surface area contributed by atoms with Crippen molar-refractivity contribution in [3.63, 3.8) is 0 Å². The van der Waals surface area contributed by atoms with Crippen molar-refractivity contribution >= 4 is 0 Å². The minimum Gasteiger partial charge on any atom is -0.504 e. The molecule has 2 aromatic carbocycles. The van der Waals surface area contributed by atoms with Crippen LogP contribution in [-0.2, 0) is 0 Å². The highest BCUT2D eigenvalue weighted by molar-refractivity contribution is 5.47. The first-order chi connectivity index (χ1) is 12.7. The van der Waals surface area contributed by atoms with Crippen LogP contribution >= 0.6 is 0 Å². The monoisotopic (exact) mass is 370 g/mol. The van der Waals surface area contributed by atoms with Crippen LogP contribution in [0.25, 0.3) is 0 Å². The van der Waals surface area contributed by atoms with Crippen LogP contribution < -0.4 is 0 Å². The van der Waals surface area contributed by atoms with Gasteiger partial charge in [0.15, 0.2) is 23.0 Å². The molecule has 4 nitrogen and oxygen atoms in total. The Morgan fingerprint density at radius 2 is 1.26 bits per heavy atom. The van der Waals surface area contributed by atoms with Crippen molar-refractivity contribution in [1.82, 2.24) is 0 Å². The van der Waals surface area contributed by atoms with Crippen LogP contribution in [0, 0.1) is 17.3 Å². The van der Waals surface area contributed by atoms with Gasteiger partial charge in [0, 0.05) is 0 Å². The third kappa shape index (κ3) is 3.22. The van der Waals surface area contributed by atoms with Crippen molar-refractivity contribution in [1.29, 1.82) is 0 Å². The zero-order chi connectivity index (χ0) is 19.9. The molecule has 0 bridgehead atoms. The molecule has 4 heteroatoms. The second-order valence-electron chi connectivity index (χ2n) is 8.55. The van der Waals surface area contributed by atoms with E-state index in [4.69, 9.17) is 0 Å². The topological polar surface area (TPSA) is 80.9 Å². The highest BCUT2D eigenvalue weighted by atomic mass is 16.3. The van der Waals surface area contributed by atoms with E-state index in [0.29, 0.717) is 11.8 Å². The average molecular weight is 370 g/mol. The molecule has 4 unspecified atom stereocenters. The molecule has 3 rings (SSSR count). The molecule has 1 aliphatic carbocycles. The summed E-state index contributed by atoms with van der Waals surface area (Å²) in [6.45, 7) is 9.03. The van der Waals surface area contributed by atoms with E-state index in [1.807, 2.05) is 12.1 Å². The summed E-state index contributed by atoms with van der Waals surface area (Å²) in [6, 6.07) is 10.2. The molecule has 4 N–H and O–H groups in total. The van der Waals surface area contributed by atoms with E-state index in [-0.39, 0.29) is 40.2 Å². The molecule has 2 aromatic rings. The predicted octanol–water partition coefficient (Wildman–Crippen LogP) is 5.47. The summed E-state index contributed by atoms with van der Waals surface area (Å²) >= 11 is 0. The van der Waals surface area contributed by atoms with Crippen molar-refractivity contribution in [3.8, 4) is 23.0 Å². The number of hydrogen-bond donors (Lipinski definition) is 4. The zero-order valence-electron chi connectivity index (χ0n) is 16.5. The van der Waals surface area contributed by atoms with E-state index >= 15 is 0 Å². The van der Waals surface area contributed by atoms with Gasteiger partial charge in [0.25, 0.3) is 0 Å². The van der Waals surface area contributed by atoms with Gasteiger partial charge in [-0.3, -0.25) is 0 Å². The maximum Gasteiger partial charge on any atom is 0.157 e. The Morgan fingerprint density at radius 3 is 1.70 bits per heavy atom. The Kier molecular flexibility index (Phi) is 5.02. The standard InChI is InChI=1S/C23H30O4/c1-5-6-16-22(15-8-10-18(25)20(27)12-15)21(13(2)23(16,3)4)14-7-9-17(24)19(26)11-14/h7-13,16,21-22,24-27H,5-6H2,1-4H3. The highest BCUT2D eigenvalue weighted by Gasteiger charge is 2.53. The molecule has 146 valence electrons. The second kappa shape index (κ2) is 6.99. The molecule has 1 saturated carbocycles. The van der Waals surface area contributed by atoms with Crippen molar-refractivity contribution < 1.29 is 20.4 Å². The Balaban J connectivity index is 2.17. The van der Waals surface area contributed by atoms with Gasteiger partial charge in [-0.25, -0.2) is 0 Å². The van der Waals surface area contributed by atoms with Gasteiger partial charge in [-0.2, -0.15) is 0 Å². The highest BCUT2D eigenvalue weighted by Crippen LogP contribution is 2.63. The van der Waals surface area contributed by atoms with Crippen LogP contribution in [0.5, 0.6) is 23.0 Å². The number of aromatic hydroxyl groups is 4. The number of phenolic OH excluding ortho intramolecular Hbond substituents is 4. The van der Waals surface area contributed by atoms with Crippen molar-refractivity contribution in [2.45, 2.75) is 52.4 Å². The molecule has 1 aliphatic rings. The van der Waals surface area contributed by atoms with Gasteiger partial charge in [-0.05, 0) is 70.9 Å². The molecule has 27 heavy (non-hydrogen) atoms. The van der Waals surface area contributed by atoms with E-state index in [1.165, 1.54) is 0 Å². The SMILES string of the molecule is CCCC1C(c2ccc(O)c(O)c2)C(c2ccc(O)c(O)c2)C(C)C1(C)C. The van der Waals surface area contributed by atoms with E-state index < -0.39 is 0 Å². The van der Waals surface area contributed by atoms with Crippen LogP contribution in [0.4, 0.5) is 0 Å². The lowest BCUT2D eigenvalue weighted by Gasteiger charge is -2.33. The van der Waals surface area contributed by atoms with Gasteiger partial charge in [0.1, 0.15) is 0 Å². The third-order valence-electron chi connectivity index (χ3n) is 6.86. The summed E-state index contributed by atoms with van der Waals surface area (Å²) in [6.07, 6.45) is 2.12. The molecular weight excluding hydrogens is 340 g/mol. The van der Waals surface area contributed by atoms with Gasteiger partial charge in [0.2, 0.25) is 0 Å². The van der Waals surface area contributed by atoms with Gasteiger partial charge in [-0.1, -0.05) is 46.2 Å². The first kappa shape index (κ1) is 19.4. The van der Waals surface area contributed by atoms with Crippen molar-refractivity contribution in [2.75, 3.05) is 0 Å². The summed E-state index contributed by atoms with van der Waals surface area (Å²) in [5.41, 5.74) is 2.05. The molecular formula is C23H30O4. The van der Waals surface area contributed by atoms with Gasteiger partial charge >= 0.3 is 0 Å². The van der Waals surface area contributed by atoms with Crippen molar-refractivity contribution in [2.24, 2.45) is 17.3 Å². The molecule has 0 amide bonds. The zero-order valence-corrected chi connectivity index (χ0v) is 16.5. The predicted molar refractivity (Wildman–Crippen MR) is 106 cm³/mol. The molecule has 1 fully saturated rings. The van der Waals surface area contributed by atoms with Gasteiger partial charge in [-0.15, -0.1) is 0 Å². The molecule has 0 heterocycles. The number of rotatable bonds is 4. The molecule has 4 atom stereocenters. The minimum absolute atomic E-state index is 0.0619. The van der Waals surface area contributed by atoms with Crippen LogP contribution in [0.15, 0.2) is 36.4 Å². The summed E-state index contributed by atoms with van der Waals surface area (Å²) in [5.74, 6) is 0.553. The number of hydrogen-bond acceptors (Lipinski definition) is 4. The Bertz CT molecular complexity index is 827. The quantitative estimate of drug-likeness (QED) is 0.538. The smallest absolute Gasteiger partial charge is 0.157 e. The van der Waals surface area contributed by atoms with Gasteiger partial charge in [0.05, 0.1) is 0 Å². The summed E-state index contributed by atoms with van der Waals surface area (Å²) < 4.78 is 0. The molecule has 0 radical (unpaired) electrons. The van der Waals surface area contributed by atoms with Crippen LogP contribution in [0.1, 0.15) is 63.5 Å². The summed E-state index contributed by atoms with van der Waals surface area (Å²) in [5, 5.41) is 39.6.